The molecular formula is C10H11N3O2. The molecule has 0 atom stereocenters. The van der Waals surface area contributed by atoms with Crippen molar-refractivity contribution in [3.63, 3.8) is 0 Å². The Balaban J connectivity index is 3.14. The van der Waals surface area contributed by atoms with Gasteiger partial charge in [0.25, 0.3) is 11.5 Å². The third-order valence-corrected chi connectivity index (χ3v) is 1.88. The fraction of sp³-hybridized carbons (Fsp3) is 0.300. The molecule has 1 amide bonds. The van der Waals surface area contributed by atoms with Crippen LogP contribution < -0.4 is 5.56 Å². The molecular weight excluding hydrogens is 194 g/mol. The van der Waals surface area contributed by atoms with Crippen LogP contribution in [0.4, 0.5) is 0 Å². The summed E-state index contributed by atoms with van der Waals surface area (Å²) in [5.74, 6) is -0.193. The van der Waals surface area contributed by atoms with Crippen LogP contribution in [-0.4, -0.2) is 29.5 Å². The van der Waals surface area contributed by atoms with Gasteiger partial charge in [-0.05, 0) is 6.07 Å². The summed E-state index contributed by atoms with van der Waals surface area (Å²) in [6, 6.07) is 4.60. The lowest BCUT2D eigenvalue weighted by atomic mass is 10.2. The molecule has 5 nitrogen and oxygen atoms in total. The van der Waals surface area contributed by atoms with E-state index in [0.29, 0.717) is 5.56 Å². The summed E-state index contributed by atoms with van der Waals surface area (Å²) in [5, 5.41) is 8.48. The summed E-state index contributed by atoms with van der Waals surface area (Å²) < 4.78 is 1.21. The number of nitrogens with zero attached hydrogens (tertiary/aromatic N) is 3. The lowest BCUT2D eigenvalue weighted by Crippen LogP contribution is -2.25. The highest BCUT2D eigenvalue weighted by molar-refractivity contribution is 5.93. The Morgan fingerprint density at radius 1 is 1.53 bits per heavy atom. The van der Waals surface area contributed by atoms with E-state index in [1.807, 2.05) is 6.07 Å². The molecule has 0 aliphatic carbocycles. The average Bonchev–Trinajstić information content (AvgIpc) is 2.20. The number of nitriles is 1. The average molecular weight is 205 g/mol. The van der Waals surface area contributed by atoms with Crippen LogP contribution in [0, 0.1) is 11.3 Å². The van der Waals surface area contributed by atoms with Gasteiger partial charge in [0.05, 0.1) is 11.6 Å². The fourth-order valence-corrected chi connectivity index (χ4v) is 1.12. The van der Waals surface area contributed by atoms with E-state index in [2.05, 4.69) is 0 Å². The number of hydrogen-bond acceptors (Lipinski definition) is 3. The van der Waals surface area contributed by atoms with Crippen LogP contribution in [0.25, 0.3) is 0 Å². The monoisotopic (exact) mass is 205 g/mol. The molecule has 0 unspecified atom stereocenters. The first kappa shape index (κ1) is 11.0. The van der Waals surface area contributed by atoms with E-state index in [1.165, 1.54) is 27.8 Å². The van der Waals surface area contributed by atoms with E-state index in [9.17, 15) is 9.59 Å². The van der Waals surface area contributed by atoms with Crippen molar-refractivity contribution in [1.29, 1.82) is 5.26 Å². The topological polar surface area (TPSA) is 66.1 Å². The maximum Gasteiger partial charge on any atom is 0.254 e. The quantitative estimate of drug-likeness (QED) is 0.686. The zero-order chi connectivity index (χ0) is 11.4. The zero-order valence-electron chi connectivity index (χ0n) is 8.60. The van der Waals surface area contributed by atoms with Crippen LogP contribution in [-0.2, 0) is 6.54 Å². The first-order valence-corrected chi connectivity index (χ1v) is 4.35. The van der Waals surface area contributed by atoms with Gasteiger partial charge in [-0.25, -0.2) is 0 Å². The Morgan fingerprint density at radius 3 is 2.73 bits per heavy atom. The second-order valence-corrected chi connectivity index (χ2v) is 3.24. The maximum atomic E-state index is 11.5. The van der Waals surface area contributed by atoms with Gasteiger partial charge in [0.15, 0.2) is 0 Å². The van der Waals surface area contributed by atoms with E-state index < -0.39 is 0 Å². The van der Waals surface area contributed by atoms with Crippen molar-refractivity contribution in [2.75, 3.05) is 14.1 Å². The standard InChI is InChI=1S/C10H11N3O2/c1-12(2)10(15)8-3-4-9(14)13(7-8)6-5-11/h3-4,7H,6H2,1-2H3. The van der Waals surface area contributed by atoms with Gasteiger partial charge in [-0.3, -0.25) is 9.59 Å². The third kappa shape index (κ3) is 2.44. The summed E-state index contributed by atoms with van der Waals surface area (Å²) in [6.45, 7) is -0.0482. The van der Waals surface area contributed by atoms with E-state index in [-0.39, 0.29) is 18.0 Å². The lowest BCUT2D eigenvalue weighted by Gasteiger charge is -2.10. The molecule has 15 heavy (non-hydrogen) atoms. The molecule has 0 saturated heterocycles. The largest absolute Gasteiger partial charge is 0.345 e. The van der Waals surface area contributed by atoms with Crippen LogP contribution in [0.3, 0.4) is 0 Å². The molecule has 5 heteroatoms. The third-order valence-electron chi connectivity index (χ3n) is 1.88. The maximum absolute atomic E-state index is 11.5. The Labute approximate surface area is 87.2 Å². The number of carbonyl (C=O) groups is 1. The molecule has 0 aromatic carbocycles. The molecule has 1 rings (SSSR count). The molecule has 0 radical (unpaired) electrons. The highest BCUT2D eigenvalue weighted by atomic mass is 16.2. The van der Waals surface area contributed by atoms with Gasteiger partial charge in [0, 0.05) is 26.4 Å². The minimum Gasteiger partial charge on any atom is -0.345 e. The Hall–Kier alpha value is -2.09. The molecule has 1 aromatic heterocycles. The van der Waals surface area contributed by atoms with Crippen molar-refractivity contribution in [2.45, 2.75) is 6.54 Å². The summed E-state index contributed by atoms with van der Waals surface area (Å²) >= 11 is 0. The smallest absolute Gasteiger partial charge is 0.254 e. The summed E-state index contributed by atoms with van der Waals surface area (Å²) in [4.78, 5) is 24.2. The van der Waals surface area contributed by atoms with Gasteiger partial charge >= 0.3 is 0 Å². The molecule has 0 fully saturated rings. The van der Waals surface area contributed by atoms with Gasteiger partial charge in [-0.2, -0.15) is 5.26 Å². The van der Waals surface area contributed by atoms with Crippen LogP contribution >= 0.6 is 0 Å². The van der Waals surface area contributed by atoms with Crippen molar-refractivity contribution >= 4 is 5.91 Å². The molecule has 1 aromatic rings. The van der Waals surface area contributed by atoms with Gasteiger partial charge in [-0.15, -0.1) is 0 Å². The molecule has 78 valence electrons. The molecule has 0 bridgehead atoms. The van der Waals surface area contributed by atoms with Crippen molar-refractivity contribution in [2.24, 2.45) is 0 Å². The number of amides is 1. The first-order valence-electron chi connectivity index (χ1n) is 4.35. The second kappa shape index (κ2) is 4.42. The Bertz CT molecular complexity index is 468. The van der Waals surface area contributed by atoms with Gasteiger partial charge in [-0.1, -0.05) is 0 Å². The minimum atomic E-state index is -0.285. The van der Waals surface area contributed by atoms with E-state index >= 15 is 0 Å². The van der Waals surface area contributed by atoms with Crippen molar-refractivity contribution in [3.8, 4) is 6.07 Å². The van der Waals surface area contributed by atoms with Crippen molar-refractivity contribution in [1.82, 2.24) is 9.47 Å². The van der Waals surface area contributed by atoms with Gasteiger partial charge in [0.2, 0.25) is 0 Å². The van der Waals surface area contributed by atoms with Crippen LogP contribution in [0.15, 0.2) is 23.1 Å². The van der Waals surface area contributed by atoms with E-state index in [0.717, 1.165) is 0 Å². The molecule has 0 aliphatic rings. The van der Waals surface area contributed by atoms with E-state index in [4.69, 9.17) is 5.26 Å². The molecule has 0 aliphatic heterocycles. The lowest BCUT2D eigenvalue weighted by molar-refractivity contribution is 0.0826. The van der Waals surface area contributed by atoms with Crippen LogP contribution in [0.2, 0.25) is 0 Å². The first-order chi connectivity index (χ1) is 7.06. The predicted molar refractivity (Wildman–Crippen MR) is 54.3 cm³/mol. The Kier molecular flexibility index (Phi) is 3.24. The number of pyridine rings is 1. The molecule has 1 heterocycles. The zero-order valence-corrected chi connectivity index (χ0v) is 8.60. The normalized spacial score (nSPS) is 9.40. The fourth-order valence-electron chi connectivity index (χ4n) is 1.12. The van der Waals surface area contributed by atoms with E-state index in [1.54, 1.807) is 14.1 Å². The second-order valence-electron chi connectivity index (χ2n) is 3.24. The highest BCUT2D eigenvalue weighted by Gasteiger charge is 2.08. The van der Waals surface area contributed by atoms with Crippen molar-refractivity contribution < 1.29 is 4.79 Å². The SMILES string of the molecule is CN(C)C(=O)c1ccc(=O)n(CC#N)c1. The number of rotatable bonds is 2. The number of aromatic nitrogens is 1. The summed E-state index contributed by atoms with van der Waals surface area (Å²) in [5.41, 5.74) is 0.113. The van der Waals surface area contributed by atoms with Gasteiger partial charge in [0.1, 0.15) is 6.54 Å². The summed E-state index contributed by atoms with van der Waals surface area (Å²) in [6.07, 6.45) is 1.40. The van der Waals surface area contributed by atoms with Crippen LogP contribution in [0.5, 0.6) is 0 Å². The van der Waals surface area contributed by atoms with Gasteiger partial charge < -0.3 is 9.47 Å². The Morgan fingerprint density at radius 2 is 2.20 bits per heavy atom. The molecule has 0 spiro atoms. The minimum absolute atomic E-state index is 0.0482. The highest BCUT2D eigenvalue weighted by Crippen LogP contribution is 1.99. The number of hydrogen-bond donors (Lipinski definition) is 0. The number of carbonyl (C=O) groups excluding carboxylic acids is 1. The summed E-state index contributed by atoms with van der Waals surface area (Å²) in [7, 11) is 3.25. The predicted octanol–water partition coefficient (Wildman–Crippen LogP) is 0.0737. The molecule has 0 saturated carbocycles. The van der Waals surface area contributed by atoms with Crippen molar-refractivity contribution in [3.05, 3.63) is 34.2 Å². The van der Waals surface area contributed by atoms with Crippen LogP contribution in [0.1, 0.15) is 10.4 Å². The molecule has 0 N–H and O–H groups in total.